The number of aliphatic carboxylic acids is 1. The van der Waals surface area contributed by atoms with E-state index < -0.39 is 17.7 Å². The van der Waals surface area contributed by atoms with E-state index in [4.69, 9.17) is 4.74 Å². The predicted molar refractivity (Wildman–Crippen MR) is 77.2 cm³/mol. The Morgan fingerprint density at radius 3 is 2.55 bits per heavy atom. The maximum atomic E-state index is 12.9. The number of carboxylic acid groups (broad SMARTS) is 1. The lowest BCUT2D eigenvalue weighted by molar-refractivity contribution is -0.143. The minimum absolute atomic E-state index is 0.0376. The van der Waals surface area contributed by atoms with Gasteiger partial charge in [-0.05, 0) is 19.2 Å². The largest absolute Gasteiger partial charge is 0.480 e. The molecule has 22 heavy (non-hydrogen) atoms. The molecule has 2 aliphatic heterocycles. The molecule has 0 unspecified atom stereocenters. The van der Waals surface area contributed by atoms with Crippen LogP contribution in [0.4, 0.5) is 0 Å². The average Bonchev–Trinajstić information content (AvgIpc) is 2.90. The quantitative estimate of drug-likeness (QED) is 0.853. The van der Waals surface area contributed by atoms with Crippen molar-refractivity contribution in [3.8, 4) is 0 Å². The van der Waals surface area contributed by atoms with Crippen LogP contribution in [-0.4, -0.2) is 70.3 Å². The summed E-state index contributed by atoms with van der Waals surface area (Å²) >= 11 is 0. The van der Waals surface area contributed by atoms with Crippen LogP contribution in [0.15, 0.2) is 24.5 Å². The normalized spacial score (nSPS) is 24.6. The van der Waals surface area contributed by atoms with E-state index >= 15 is 0 Å². The van der Waals surface area contributed by atoms with E-state index in [-0.39, 0.29) is 12.5 Å². The number of ether oxygens (including phenoxy) is 1. The van der Waals surface area contributed by atoms with Crippen LogP contribution in [0, 0.1) is 0 Å². The van der Waals surface area contributed by atoms with Crippen molar-refractivity contribution in [2.75, 3.05) is 26.7 Å². The number of rotatable bonds is 2. The monoisotopic (exact) mass is 305 g/mol. The second kappa shape index (κ2) is 5.66. The Hall–Kier alpha value is -1.99. The second-order valence-electron chi connectivity index (χ2n) is 5.83. The van der Waals surface area contributed by atoms with E-state index in [0.29, 0.717) is 18.4 Å². The van der Waals surface area contributed by atoms with Gasteiger partial charge in [0, 0.05) is 43.9 Å². The van der Waals surface area contributed by atoms with E-state index in [1.807, 2.05) is 7.05 Å². The summed E-state index contributed by atoms with van der Waals surface area (Å²) in [4.78, 5) is 31.9. The molecule has 1 spiro atoms. The van der Waals surface area contributed by atoms with Crippen molar-refractivity contribution in [3.05, 3.63) is 30.1 Å². The third kappa shape index (κ3) is 2.46. The molecule has 2 aliphatic rings. The van der Waals surface area contributed by atoms with Gasteiger partial charge in [0.05, 0.1) is 6.61 Å². The molecule has 1 N–H and O–H groups in total. The van der Waals surface area contributed by atoms with Crippen molar-refractivity contribution >= 4 is 11.9 Å². The molecule has 0 bridgehead atoms. The first-order chi connectivity index (χ1) is 10.5. The number of carboxylic acids is 1. The van der Waals surface area contributed by atoms with E-state index in [1.165, 1.54) is 17.3 Å². The van der Waals surface area contributed by atoms with Gasteiger partial charge in [0.2, 0.25) is 0 Å². The summed E-state index contributed by atoms with van der Waals surface area (Å²) < 4.78 is 5.84. The Kier molecular flexibility index (Phi) is 3.84. The average molecular weight is 305 g/mol. The fourth-order valence-electron chi connectivity index (χ4n) is 3.16. The van der Waals surface area contributed by atoms with Gasteiger partial charge >= 0.3 is 5.97 Å². The lowest BCUT2D eigenvalue weighted by atomic mass is 9.97. The number of piperidine rings is 1. The summed E-state index contributed by atoms with van der Waals surface area (Å²) in [6.07, 6.45) is 4.29. The summed E-state index contributed by atoms with van der Waals surface area (Å²) in [7, 11) is 2.01. The van der Waals surface area contributed by atoms with E-state index in [0.717, 1.165) is 13.1 Å². The van der Waals surface area contributed by atoms with Crippen molar-refractivity contribution in [2.45, 2.75) is 24.6 Å². The molecule has 1 amide bonds. The first-order valence-corrected chi connectivity index (χ1v) is 7.32. The van der Waals surface area contributed by atoms with Crippen LogP contribution in [-0.2, 0) is 9.53 Å². The second-order valence-corrected chi connectivity index (χ2v) is 5.83. The zero-order chi connectivity index (χ0) is 15.7. The van der Waals surface area contributed by atoms with Crippen LogP contribution in [0.1, 0.15) is 23.2 Å². The number of carbonyl (C=O) groups is 2. The van der Waals surface area contributed by atoms with Crippen LogP contribution >= 0.6 is 0 Å². The molecule has 3 heterocycles. The number of nitrogens with zero attached hydrogens (tertiary/aromatic N) is 3. The maximum absolute atomic E-state index is 12.9. The first kappa shape index (κ1) is 14.9. The van der Waals surface area contributed by atoms with Gasteiger partial charge in [-0.15, -0.1) is 0 Å². The fourth-order valence-corrected chi connectivity index (χ4v) is 3.16. The summed E-state index contributed by atoms with van der Waals surface area (Å²) in [6, 6.07) is 2.26. The third-order valence-electron chi connectivity index (χ3n) is 4.46. The molecule has 2 saturated heterocycles. The molecule has 1 aromatic rings. The van der Waals surface area contributed by atoms with Gasteiger partial charge in [0.1, 0.15) is 5.72 Å². The van der Waals surface area contributed by atoms with Crippen LogP contribution < -0.4 is 0 Å². The minimum atomic E-state index is -1.03. The molecule has 0 aliphatic carbocycles. The number of amides is 1. The molecular formula is C15H19N3O4. The Morgan fingerprint density at radius 1 is 1.32 bits per heavy atom. The lowest BCUT2D eigenvalue weighted by Crippen LogP contribution is -2.57. The third-order valence-corrected chi connectivity index (χ3v) is 4.46. The van der Waals surface area contributed by atoms with E-state index in [9.17, 15) is 14.7 Å². The number of pyridine rings is 1. The molecule has 3 rings (SSSR count). The van der Waals surface area contributed by atoms with E-state index in [1.54, 1.807) is 12.1 Å². The molecule has 118 valence electrons. The van der Waals surface area contributed by atoms with Crippen molar-refractivity contribution in [1.82, 2.24) is 14.8 Å². The van der Waals surface area contributed by atoms with Gasteiger partial charge < -0.3 is 14.7 Å². The molecule has 0 saturated carbocycles. The SMILES string of the molecule is CN1CCC2(CC1)OC[C@@H](C(=O)O)N2C(=O)c1ccncc1. The smallest absolute Gasteiger partial charge is 0.328 e. The lowest BCUT2D eigenvalue weighted by Gasteiger charge is -2.43. The number of hydrogen-bond acceptors (Lipinski definition) is 5. The van der Waals surface area contributed by atoms with Gasteiger partial charge in [-0.1, -0.05) is 0 Å². The van der Waals surface area contributed by atoms with Crippen LogP contribution in [0.5, 0.6) is 0 Å². The minimum Gasteiger partial charge on any atom is -0.480 e. The van der Waals surface area contributed by atoms with Crippen molar-refractivity contribution in [1.29, 1.82) is 0 Å². The number of carbonyl (C=O) groups excluding carboxylic acids is 1. The molecule has 0 radical (unpaired) electrons. The number of aromatic nitrogens is 1. The maximum Gasteiger partial charge on any atom is 0.328 e. The fraction of sp³-hybridized carbons (Fsp3) is 0.533. The number of hydrogen-bond donors (Lipinski definition) is 1. The summed E-state index contributed by atoms with van der Waals surface area (Å²) in [6.45, 7) is 1.58. The van der Waals surface area contributed by atoms with Crippen molar-refractivity contribution in [2.24, 2.45) is 0 Å². The highest BCUT2D eigenvalue weighted by Crippen LogP contribution is 2.38. The molecule has 7 nitrogen and oxygen atoms in total. The number of likely N-dealkylation sites (tertiary alicyclic amines) is 1. The van der Waals surface area contributed by atoms with Crippen molar-refractivity contribution in [3.63, 3.8) is 0 Å². The standard InChI is InChI=1S/C15H19N3O4/c1-17-8-4-15(5-9-17)18(12(10-22-15)14(20)21)13(19)11-2-6-16-7-3-11/h2-3,6-7,12H,4-5,8-10H2,1H3,(H,20,21)/t12-/m0/s1. The first-order valence-electron chi connectivity index (χ1n) is 7.32. The van der Waals surface area contributed by atoms with E-state index in [2.05, 4.69) is 9.88 Å². The van der Waals surface area contributed by atoms with Crippen molar-refractivity contribution < 1.29 is 19.4 Å². The molecule has 0 aromatic carbocycles. The predicted octanol–water partition coefficient (Wildman–Crippen LogP) is 0.429. The molecule has 1 atom stereocenters. The van der Waals surface area contributed by atoms with Crippen LogP contribution in [0.25, 0.3) is 0 Å². The highest BCUT2D eigenvalue weighted by atomic mass is 16.5. The summed E-state index contributed by atoms with van der Waals surface area (Å²) in [5.41, 5.74) is -0.374. The zero-order valence-corrected chi connectivity index (χ0v) is 12.4. The van der Waals surface area contributed by atoms with Crippen LogP contribution in [0.2, 0.25) is 0 Å². The molecule has 1 aromatic heterocycles. The van der Waals surface area contributed by atoms with Gasteiger partial charge in [-0.2, -0.15) is 0 Å². The molecule has 2 fully saturated rings. The van der Waals surface area contributed by atoms with Gasteiger partial charge in [0.15, 0.2) is 6.04 Å². The zero-order valence-electron chi connectivity index (χ0n) is 12.4. The Labute approximate surface area is 128 Å². The highest BCUT2D eigenvalue weighted by Gasteiger charge is 2.53. The molecule has 7 heteroatoms. The Bertz CT molecular complexity index is 569. The summed E-state index contributed by atoms with van der Waals surface area (Å²) in [5.74, 6) is -1.34. The van der Waals surface area contributed by atoms with Crippen LogP contribution in [0.3, 0.4) is 0 Å². The Morgan fingerprint density at radius 2 is 1.95 bits per heavy atom. The van der Waals surface area contributed by atoms with Gasteiger partial charge in [0.25, 0.3) is 5.91 Å². The Balaban J connectivity index is 1.94. The molecular weight excluding hydrogens is 286 g/mol. The summed E-state index contributed by atoms with van der Waals surface area (Å²) in [5, 5.41) is 9.45. The highest BCUT2D eigenvalue weighted by molar-refractivity contribution is 5.97. The van der Waals surface area contributed by atoms with Gasteiger partial charge in [-0.25, -0.2) is 4.79 Å². The van der Waals surface area contributed by atoms with Gasteiger partial charge in [-0.3, -0.25) is 14.7 Å². The topological polar surface area (TPSA) is 83.0 Å².